The molecule has 0 radical (unpaired) electrons. The van der Waals surface area contributed by atoms with Crippen LogP contribution in [0.2, 0.25) is 0 Å². The van der Waals surface area contributed by atoms with Gasteiger partial charge in [-0.05, 0) is 93.7 Å². The number of aromatic nitrogens is 3. The summed E-state index contributed by atoms with van der Waals surface area (Å²) < 4.78 is 19.3. The lowest BCUT2D eigenvalue weighted by Gasteiger charge is -2.26. The Kier molecular flexibility index (Phi) is 9.54. The Labute approximate surface area is 278 Å². The molecule has 3 heterocycles. The third-order valence-corrected chi connectivity index (χ3v) is 9.13. The molecule has 1 saturated carbocycles. The fourth-order valence-corrected chi connectivity index (χ4v) is 6.12. The zero-order valence-electron chi connectivity index (χ0n) is 27.5. The van der Waals surface area contributed by atoms with Crippen LogP contribution in [0.15, 0.2) is 60.9 Å². The third kappa shape index (κ3) is 7.23. The van der Waals surface area contributed by atoms with Crippen molar-refractivity contribution in [1.29, 1.82) is 0 Å². The zero-order chi connectivity index (χ0) is 33.9. The van der Waals surface area contributed by atoms with Crippen LogP contribution in [0.25, 0.3) is 28.1 Å². The van der Waals surface area contributed by atoms with Gasteiger partial charge in [0.25, 0.3) is 5.91 Å². The molecule has 1 aliphatic carbocycles. The van der Waals surface area contributed by atoms with Crippen LogP contribution in [0.1, 0.15) is 53.8 Å². The number of benzene rings is 2. The molecule has 0 bridgehead atoms. The Bertz CT molecular complexity index is 1850. The minimum atomic E-state index is -0.727. The normalized spacial score (nSPS) is 18.4. The number of halogens is 1. The van der Waals surface area contributed by atoms with E-state index in [0.717, 1.165) is 22.3 Å². The highest BCUT2D eigenvalue weighted by atomic mass is 19.1. The van der Waals surface area contributed by atoms with Crippen molar-refractivity contribution in [1.82, 2.24) is 35.6 Å². The van der Waals surface area contributed by atoms with Crippen molar-refractivity contribution in [2.75, 3.05) is 34.3 Å². The number of pyridine rings is 1. The van der Waals surface area contributed by atoms with E-state index < -0.39 is 23.8 Å². The van der Waals surface area contributed by atoms with Crippen molar-refractivity contribution in [3.05, 3.63) is 83.6 Å². The Balaban J connectivity index is 1.18. The molecule has 3 atom stereocenters. The molecule has 0 unspecified atom stereocenters. The van der Waals surface area contributed by atoms with Gasteiger partial charge in [0.05, 0.1) is 31.4 Å². The number of hydrogen-bond acceptors (Lipinski definition) is 7. The number of aromatic amines is 1. The number of carbonyl (C=O) groups is 3. The van der Waals surface area contributed by atoms with E-state index >= 15 is 0 Å². The fraction of sp³-hybridized carbons (Fsp3) is 0.361. The van der Waals surface area contributed by atoms with Crippen LogP contribution in [-0.4, -0.2) is 89.1 Å². The quantitative estimate of drug-likeness (QED) is 0.220. The minimum absolute atomic E-state index is 0.0380. The van der Waals surface area contributed by atoms with E-state index in [1.807, 2.05) is 38.1 Å². The number of nitrogens with zero attached hydrogens (tertiary/aromatic N) is 4. The lowest BCUT2D eigenvalue weighted by Crippen LogP contribution is -2.49. The first-order valence-corrected chi connectivity index (χ1v) is 16.1. The lowest BCUT2D eigenvalue weighted by atomic mass is 9.94. The van der Waals surface area contributed by atoms with Gasteiger partial charge < -0.3 is 25.2 Å². The van der Waals surface area contributed by atoms with Crippen LogP contribution in [0.3, 0.4) is 0 Å². The van der Waals surface area contributed by atoms with Gasteiger partial charge in [0.1, 0.15) is 23.3 Å². The van der Waals surface area contributed by atoms with E-state index in [4.69, 9.17) is 4.74 Å². The average Bonchev–Trinajstić information content (AvgIpc) is 3.53. The van der Waals surface area contributed by atoms with Crippen LogP contribution in [-0.2, 0) is 9.59 Å². The maximum absolute atomic E-state index is 13.9. The number of hydrogen-bond donors (Lipinski definition) is 3. The number of methoxy groups -OCH3 is 1. The van der Waals surface area contributed by atoms with Gasteiger partial charge in [-0.15, -0.1) is 0 Å². The summed E-state index contributed by atoms with van der Waals surface area (Å²) in [6.45, 7) is 1.98. The van der Waals surface area contributed by atoms with Gasteiger partial charge in [0.2, 0.25) is 11.8 Å². The topological polar surface area (TPSA) is 133 Å². The molecular weight excluding hydrogens is 613 g/mol. The molecule has 3 amide bonds. The number of amides is 3. The molecule has 2 aromatic carbocycles. The second-order valence-corrected chi connectivity index (χ2v) is 12.7. The second kappa shape index (κ2) is 13.9. The van der Waals surface area contributed by atoms with E-state index in [2.05, 4.69) is 38.0 Å². The summed E-state index contributed by atoms with van der Waals surface area (Å²) in [5.74, 6) is -0.311. The van der Waals surface area contributed by atoms with Gasteiger partial charge in [0, 0.05) is 35.3 Å². The Morgan fingerprint density at radius 2 is 1.98 bits per heavy atom. The first kappa shape index (κ1) is 32.8. The molecule has 4 aromatic rings. The number of fused-ring (bicyclic) bond motifs is 1. The lowest BCUT2D eigenvalue weighted by molar-refractivity contribution is -0.138. The van der Waals surface area contributed by atoms with Crippen molar-refractivity contribution >= 4 is 34.7 Å². The standard InChI is InChI=1S/C36H40FN7O4/c1-21(28-16-29(25-17-39-40-18-25)33(48-4)14-23(28)8-7-22-5-6-22)41-36(47)32-15-27(43(2)3)20-44(32)34(45)19-38-35(46)31-11-9-24-13-26(37)10-12-30(24)42-31/h7-14,16-18,21-22,27,32H,5-6,15,19-20H2,1-4H3,(H,38,46)(H,39,40)(H,41,47)/b8-7+/t21-,27+,32-/m0/s1. The third-order valence-electron chi connectivity index (χ3n) is 9.13. The molecule has 6 rings (SSSR count). The molecular formula is C36H40FN7O4. The molecule has 2 fully saturated rings. The minimum Gasteiger partial charge on any atom is -0.496 e. The number of nitrogens with one attached hydrogen (secondary N) is 3. The molecule has 48 heavy (non-hydrogen) atoms. The molecule has 250 valence electrons. The molecule has 11 nitrogen and oxygen atoms in total. The monoisotopic (exact) mass is 653 g/mol. The Hall–Kier alpha value is -5.10. The molecule has 12 heteroatoms. The molecule has 0 spiro atoms. The summed E-state index contributed by atoms with van der Waals surface area (Å²) in [5, 5.41) is 13.3. The van der Waals surface area contributed by atoms with Gasteiger partial charge in [-0.1, -0.05) is 18.2 Å². The second-order valence-electron chi connectivity index (χ2n) is 12.7. The highest BCUT2D eigenvalue weighted by Gasteiger charge is 2.40. The maximum Gasteiger partial charge on any atom is 0.270 e. The number of H-pyrrole nitrogens is 1. The van der Waals surface area contributed by atoms with Crippen molar-refractivity contribution in [3.8, 4) is 16.9 Å². The molecule has 1 aliphatic heterocycles. The fourth-order valence-electron chi connectivity index (χ4n) is 6.12. The predicted molar refractivity (Wildman–Crippen MR) is 181 cm³/mol. The molecule has 2 aliphatic rings. The van der Waals surface area contributed by atoms with Crippen LogP contribution < -0.4 is 15.4 Å². The van der Waals surface area contributed by atoms with Crippen LogP contribution in [0.5, 0.6) is 5.75 Å². The largest absolute Gasteiger partial charge is 0.496 e. The summed E-state index contributed by atoms with van der Waals surface area (Å²) in [6.07, 6.45) is 10.6. The molecule has 3 N–H and O–H groups in total. The first-order valence-electron chi connectivity index (χ1n) is 16.1. The van der Waals surface area contributed by atoms with Crippen molar-refractivity contribution in [2.24, 2.45) is 5.92 Å². The highest BCUT2D eigenvalue weighted by Crippen LogP contribution is 2.37. The summed E-state index contributed by atoms with van der Waals surface area (Å²) in [6, 6.07) is 10.1. The Morgan fingerprint density at radius 3 is 2.69 bits per heavy atom. The number of ether oxygens (including phenoxy) is 1. The van der Waals surface area contributed by atoms with Gasteiger partial charge in [-0.2, -0.15) is 5.10 Å². The van der Waals surface area contributed by atoms with Crippen molar-refractivity contribution in [2.45, 2.75) is 44.3 Å². The number of likely N-dealkylation sites (tertiary alicyclic amines) is 1. The summed E-state index contributed by atoms with van der Waals surface area (Å²) in [4.78, 5) is 48.3. The Morgan fingerprint density at radius 1 is 1.17 bits per heavy atom. The molecule has 2 aromatic heterocycles. The van der Waals surface area contributed by atoms with Crippen molar-refractivity contribution in [3.63, 3.8) is 0 Å². The van der Waals surface area contributed by atoms with E-state index in [1.54, 1.807) is 30.5 Å². The van der Waals surface area contributed by atoms with Crippen LogP contribution >= 0.6 is 0 Å². The summed E-state index contributed by atoms with van der Waals surface area (Å²) in [5.41, 5.74) is 4.14. The van der Waals surface area contributed by atoms with E-state index in [0.29, 0.717) is 35.5 Å². The number of rotatable bonds is 11. The maximum atomic E-state index is 13.9. The van der Waals surface area contributed by atoms with Gasteiger partial charge in [-0.3, -0.25) is 19.5 Å². The SMILES string of the molecule is COc1cc(/C=C/C2CC2)c([C@H](C)NC(=O)[C@@H]2C[C@@H](N(C)C)CN2C(=O)CNC(=O)c2ccc3cc(F)ccc3n2)cc1-c1cn[nH]c1. The predicted octanol–water partition coefficient (Wildman–Crippen LogP) is 4.33. The summed E-state index contributed by atoms with van der Waals surface area (Å²) in [7, 11) is 5.47. The first-order chi connectivity index (χ1) is 23.1. The average molecular weight is 654 g/mol. The summed E-state index contributed by atoms with van der Waals surface area (Å²) >= 11 is 0. The molecule has 1 saturated heterocycles. The smallest absolute Gasteiger partial charge is 0.270 e. The van der Waals surface area contributed by atoms with Gasteiger partial charge in [-0.25, -0.2) is 9.37 Å². The number of likely N-dealkylation sites (N-methyl/N-ethyl adjacent to an activating group) is 1. The highest BCUT2D eigenvalue weighted by molar-refractivity contribution is 5.97. The zero-order valence-corrected chi connectivity index (χ0v) is 27.5. The number of allylic oxidation sites excluding steroid dienone is 1. The van der Waals surface area contributed by atoms with E-state index in [1.165, 1.54) is 37.1 Å². The van der Waals surface area contributed by atoms with Gasteiger partial charge in [0.15, 0.2) is 0 Å². The van der Waals surface area contributed by atoms with Crippen LogP contribution in [0.4, 0.5) is 4.39 Å². The van der Waals surface area contributed by atoms with E-state index in [-0.39, 0.29) is 30.1 Å². The number of carbonyl (C=O) groups excluding carboxylic acids is 3. The van der Waals surface area contributed by atoms with Gasteiger partial charge >= 0.3 is 0 Å². The van der Waals surface area contributed by atoms with Crippen LogP contribution in [0, 0.1) is 11.7 Å². The van der Waals surface area contributed by atoms with E-state index in [9.17, 15) is 18.8 Å². The van der Waals surface area contributed by atoms with Crippen molar-refractivity contribution < 1.29 is 23.5 Å².